The molecule has 1 aliphatic heterocycles. The predicted molar refractivity (Wildman–Crippen MR) is 91.0 cm³/mol. The Morgan fingerprint density at radius 1 is 1.20 bits per heavy atom. The van der Waals surface area contributed by atoms with Gasteiger partial charge in [-0.15, -0.1) is 0 Å². The maximum Gasteiger partial charge on any atom is 0.320 e. The molecule has 2 N–H and O–H groups in total. The zero-order valence-electron chi connectivity index (χ0n) is 14.1. The lowest BCUT2D eigenvalue weighted by molar-refractivity contribution is -0.142. The van der Waals surface area contributed by atoms with E-state index in [9.17, 15) is 9.59 Å². The zero-order chi connectivity index (χ0) is 17.8. The molecule has 8 heteroatoms. The third-order valence-electron chi connectivity index (χ3n) is 4.46. The van der Waals surface area contributed by atoms with Gasteiger partial charge in [-0.1, -0.05) is 6.07 Å². The number of hydrogen-bond donors (Lipinski definition) is 2. The minimum absolute atomic E-state index is 0.125. The van der Waals surface area contributed by atoms with E-state index in [1.165, 1.54) is 0 Å². The second-order valence-corrected chi connectivity index (χ2v) is 6.08. The third kappa shape index (κ3) is 3.85. The molecule has 3 heterocycles. The highest BCUT2D eigenvalue weighted by Gasteiger charge is 2.26. The molecule has 1 saturated heterocycles. The fourth-order valence-corrected chi connectivity index (χ4v) is 2.93. The molecule has 1 amide bonds. The highest BCUT2D eigenvalue weighted by Crippen LogP contribution is 2.16. The lowest BCUT2D eigenvalue weighted by atomic mass is 10.2. The molecule has 2 aromatic rings. The maximum atomic E-state index is 12.7. The van der Waals surface area contributed by atoms with Crippen LogP contribution in [0.1, 0.15) is 23.8 Å². The number of nitrogens with one attached hydrogen (secondary N) is 1. The van der Waals surface area contributed by atoms with E-state index in [0.29, 0.717) is 43.3 Å². The van der Waals surface area contributed by atoms with Gasteiger partial charge in [-0.3, -0.25) is 24.6 Å². The minimum atomic E-state index is -0.839. The molecule has 1 aliphatic rings. The second kappa shape index (κ2) is 7.43. The van der Waals surface area contributed by atoms with E-state index in [4.69, 9.17) is 5.11 Å². The summed E-state index contributed by atoms with van der Waals surface area (Å²) in [6, 6.07) is 6.68. The zero-order valence-corrected chi connectivity index (χ0v) is 14.1. The summed E-state index contributed by atoms with van der Waals surface area (Å²) in [6.07, 6.45) is 2.42. The van der Waals surface area contributed by atoms with Crippen molar-refractivity contribution >= 4 is 11.9 Å². The molecule has 8 nitrogen and oxygen atoms in total. The SMILES string of the molecule is CC(C(=O)O)N1CCCN(C(=O)c2cc(-c3ccccn3)n[nH]2)CC1. The molecule has 1 fully saturated rings. The number of aliphatic carboxylic acids is 1. The number of pyridine rings is 1. The summed E-state index contributed by atoms with van der Waals surface area (Å²) in [5.74, 6) is -0.965. The molecule has 2 aromatic heterocycles. The molecule has 3 rings (SSSR count). The number of amides is 1. The van der Waals surface area contributed by atoms with Crippen LogP contribution in [0.4, 0.5) is 0 Å². The molecule has 1 unspecified atom stereocenters. The summed E-state index contributed by atoms with van der Waals surface area (Å²) >= 11 is 0. The number of hydrogen-bond acceptors (Lipinski definition) is 5. The molecule has 0 spiro atoms. The Kier molecular flexibility index (Phi) is 5.08. The highest BCUT2D eigenvalue weighted by atomic mass is 16.4. The number of carbonyl (C=O) groups excluding carboxylic acids is 1. The van der Waals surface area contributed by atoms with E-state index in [1.807, 2.05) is 23.1 Å². The van der Waals surface area contributed by atoms with Crippen LogP contribution < -0.4 is 0 Å². The number of nitrogens with zero attached hydrogens (tertiary/aromatic N) is 4. The number of rotatable bonds is 4. The smallest absolute Gasteiger partial charge is 0.320 e. The van der Waals surface area contributed by atoms with E-state index in [0.717, 1.165) is 6.42 Å². The summed E-state index contributed by atoms with van der Waals surface area (Å²) < 4.78 is 0. The van der Waals surface area contributed by atoms with Crippen LogP contribution in [-0.2, 0) is 4.79 Å². The van der Waals surface area contributed by atoms with E-state index in [-0.39, 0.29) is 5.91 Å². The van der Waals surface area contributed by atoms with E-state index >= 15 is 0 Å². The largest absolute Gasteiger partial charge is 0.480 e. The van der Waals surface area contributed by atoms with E-state index < -0.39 is 12.0 Å². The number of carboxylic acids is 1. The van der Waals surface area contributed by atoms with E-state index in [1.54, 1.807) is 24.1 Å². The summed E-state index contributed by atoms with van der Waals surface area (Å²) in [7, 11) is 0. The Morgan fingerprint density at radius 3 is 2.76 bits per heavy atom. The van der Waals surface area contributed by atoms with Crippen LogP contribution in [0, 0.1) is 0 Å². The van der Waals surface area contributed by atoms with Gasteiger partial charge in [0.1, 0.15) is 17.4 Å². The first-order valence-corrected chi connectivity index (χ1v) is 8.29. The van der Waals surface area contributed by atoms with Crippen molar-refractivity contribution in [3.63, 3.8) is 0 Å². The molecule has 0 bridgehead atoms. The van der Waals surface area contributed by atoms with Crippen LogP contribution in [0.25, 0.3) is 11.4 Å². The minimum Gasteiger partial charge on any atom is -0.480 e. The van der Waals surface area contributed by atoms with Gasteiger partial charge in [-0.2, -0.15) is 5.10 Å². The van der Waals surface area contributed by atoms with Crippen molar-refractivity contribution in [3.05, 3.63) is 36.2 Å². The molecule has 0 aromatic carbocycles. The molecule has 25 heavy (non-hydrogen) atoms. The van der Waals surface area contributed by atoms with Crippen molar-refractivity contribution in [2.75, 3.05) is 26.2 Å². The maximum absolute atomic E-state index is 12.7. The fraction of sp³-hybridized carbons (Fsp3) is 0.412. The van der Waals surface area contributed by atoms with Crippen molar-refractivity contribution in [1.29, 1.82) is 0 Å². The van der Waals surface area contributed by atoms with Crippen molar-refractivity contribution in [2.24, 2.45) is 0 Å². The summed E-state index contributed by atoms with van der Waals surface area (Å²) in [5, 5.41) is 16.1. The Balaban J connectivity index is 1.67. The predicted octanol–water partition coefficient (Wildman–Crippen LogP) is 1.09. The monoisotopic (exact) mass is 343 g/mol. The number of H-pyrrole nitrogens is 1. The lowest BCUT2D eigenvalue weighted by Gasteiger charge is -2.24. The van der Waals surface area contributed by atoms with Gasteiger partial charge in [-0.05, 0) is 31.5 Å². The molecule has 0 saturated carbocycles. The number of aromatic amines is 1. The van der Waals surface area contributed by atoms with Crippen LogP contribution in [-0.4, -0.2) is 74.2 Å². The summed E-state index contributed by atoms with van der Waals surface area (Å²) in [4.78, 5) is 31.7. The quantitative estimate of drug-likeness (QED) is 0.862. The Hall–Kier alpha value is -2.74. The van der Waals surface area contributed by atoms with Crippen LogP contribution in [0.15, 0.2) is 30.5 Å². The average molecular weight is 343 g/mol. The van der Waals surface area contributed by atoms with Gasteiger partial charge >= 0.3 is 5.97 Å². The van der Waals surface area contributed by atoms with Gasteiger partial charge < -0.3 is 10.0 Å². The summed E-state index contributed by atoms with van der Waals surface area (Å²) in [6.45, 7) is 3.97. The standard InChI is InChI=1S/C17H21N5O3/c1-12(17(24)25)21-7-4-8-22(10-9-21)16(23)15-11-14(19-20-15)13-5-2-3-6-18-13/h2-3,5-6,11-12H,4,7-10H2,1H3,(H,19,20)(H,24,25). The van der Waals surface area contributed by atoms with Crippen molar-refractivity contribution in [3.8, 4) is 11.4 Å². The Morgan fingerprint density at radius 2 is 2.04 bits per heavy atom. The van der Waals surface area contributed by atoms with Crippen molar-refractivity contribution < 1.29 is 14.7 Å². The first-order valence-electron chi connectivity index (χ1n) is 8.29. The first-order chi connectivity index (χ1) is 12.1. The normalized spacial score (nSPS) is 17.1. The second-order valence-electron chi connectivity index (χ2n) is 6.08. The average Bonchev–Trinajstić information content (AvgIpc) is 2.99. The van der Waals surface area contributed by atoms with Crippen LogP contribution >= 0.6 is 0 Å². The van der Waals surface area contributed by atoms with Crippen molar-refractivity contribution in [2.45, 2.75) is 19.4 Å². The lowest BCUT2D eigenvalue weighted by Crippen LogP contribution is -2.42. The fourth-order valence-electron chi connectivity index (χ4n) is 2.93. The van der Waals surface area contributed by atoms with Gasteiger partial charge in [0.15, 0.2) is 0 Å². The van der Waals surface area contributed by atoms with Gasteiger partial charge in [0.2, 0.25) is 0 Å². The third-order valence-corrected chi connectivity index (χ3v) is 4.46. The summed E-state index contributed by atoms with van der Waals surface area (Å²) in [5.41, 5.74) is 1.75. The van der Waals surface area contributed by atoms with Gasteiger partial charge in [-0.25, -0.2) is 0 Å². The van der Waals surface area contributed by atoms with Gasteiger partial charge in [0, 0.05) is 32.4 Å². The molecule has 132 valence electrons. The van der Waals surface area contributed by atoms with Crippen molar-refractivity contribution in [1.82, 2.24) is 25.0 Å². The van der Waals surface area contributed by atoms with Crippen LogP contribution in [0.2, 0.25) is 0 Å². The number of aromatic nitrogens is 3. The first kappa shape index (κ1) is 17.1. The highest BCUT2D eigenvalue weighted by molar-refractivity contribution is 5.93. The molecular formula is C17H21N5O3. The van der Waals surface area contributed by atoms with Crippen LogP contribution in [0.5, 0.6) is 0 Å². The Labute approximate surface area is 145 Å². The number of carboxylic acid groups (broad SMARTS) is 1. The molecule has 0 aliphatic carbocycles. The molecule has 0 radical (unpaired) electrons. The van der Waals surface area contributed by atoms with Crippen LogP contribution in [0.3, 0.4) is 0 Å². The van der Waals surface area contributed by atoms with E-state index in [2.05, 4.69) is 15.2 Å². The molecule has 1 atom stereocenters. The number of carbonyl (C=O) groups is 2. The topological polar surface area (TPSA) is 102 Å². The van der Waals surface area contributed by atoms with Gasteiger partial charge in [0.25, 0.3) is 5.91 Å². The van der Waals surface area contributed by atoms with Gasteiger partial charge in [0.05, 0.1) is 5.69 Å². The Bertz CT molecular complexity index is 746. The molecular weight excluding hydrogens is 322 g/mol.